The normalized spacial score (nSPS) is 14.0. The summed E-state index contributed by atoms with van der Waals surface area (Å²) in [4.78, 5) is 0. The first kappa shape index (κ1) is 11.0. The van der Waals surface area contributed by atoms with Crippen LogP contribution in [0, 0.1) is 0 Å². The van der Waals surface area contributed by atoms with Crippen molar-refractivity contribution in [2.75, 3.05) is 0 Å². The van der Waals surface area contributed by atoms with Crippen molar-refractivity contribution in [1.29, 1.82) is 0 Å². The predicted molar refractivity (Wildman–Crippen MR) is 69.7 cm³/mol. The highest BCUT2D eigenvalue weighted by Crippen LogP contribution is 2.24. The van der Waals surface area contributed by atoms with Crippen LogP contribution >= 0.6 is 15.9 Å². The Morgan fingerprint density at radius 1 is 1.41 bits per heavy atom. The van der Waals surface area contributed by atoms with Gasteiger partial charge in [-0.2, -0.15) is 5.10 Å². The smallest absolute Gasteiger partial charge is 0.0813 e. The van der Waals surface area contributed by atoms with Crippen molar-refractivity contribution in [2.45, 2.75) is 19.6 Å². The third-order valence-corrected chi connectivity index (χ3v) is 3.51. The average molecular weight is 293 g/mol. The number of hydrogen-bond acceptors (Lipinski definition) is 3. The van der Waals surface area contributed by atoms with Crippen LogP contribution in [0.2, 0.25) is 0 Å². The summed E-state index contributed by atoms with van der Waals surface area (Å²) in [5.41, 5.74) is 10.3. The van der Waals surface area contributed by atoms with Crippen LogP contribution in [0.3, 0.4) is 0 Å². The maximum Gasteiger partial charge on any atom is 0.0813 e. The molecule has 4 nitrogen and oxygen atoms in total. The molecule has 2 heterocycles. The largest absolute Gasteiger partial charge is 0.325 e. The molecule has 5 heteroatoms. The lowest BCUT2D eigenvalue weighted by atomic mass is 10.2. The van der Waals surface area contributed by atoms with Gasteiger partial charge in [0.25, 0.3) is 0 Å². The summed E-state index contributed by atoms with van der Waals surface area (Å²) in [6.45, 7) is 2.22. The van der Waals surface area contributed by atoms with E-state index in [0.29, 0.717) is 6.54 Å². The van der Waals surface area contributed by atoms with E-state index in [4.69, 9.17) is 5.73 Å². The highest BCUT2D eigenvalue weighted by Gasteiger charge is 2.21. The number of nitrogens with two attached hydrogens (primary N) is 1. The number of nitrogens with one attached hydrogen (secondary N) is 1. The fourth-order valence-corrected chi connectivity index (χ4v) is 2.60. The zero-order chi connectivity index (χ0) is 11.8. The van der Waals surface area contributed by atoms with Gasteiger partial charge in [0.2, 0.25) is 0 Å². The average Bonchev–Trinajstić information content (AvgIpc) is 2.89. The Morgan fingerprint density at radius 2 is 2.29 bits per heavy atom. The first-order chi connectivity index (χ1) is 8.29. The van der Waals surface area contributed by atoms with E-state index in [1.165, 1.54) is 11.3 Å². The number of rotatable bonds is 2. The molecule has 0 atom stereocenters. The number of nitrogens with zero attached hydrogens (tertiary/aromatic N) is 2. The summed E-state index contributed by atoms with van der Waals surface area (Å²) in [6, 6.07) is 8.13. The van der Waals surface area contributed by atoms with Crippen molar-refractivity contribution < 1.29 is 0 Å². The quantitative estimate of drug-likeness (QED) is 0.886. The Kier molecular flexibility index (Phi) is 2.74. The highest BCUT2D eigenvalue weighted by atomic mass is 79.9. The topological polar surface area (TPSA) is 55.9 Å². The molecule has 3 rings (SSSR count). The van der Waals surface area contributed by atoms with Crippen molar-refractivity contribution >= 4 is 15.9 Å². The summed E-state index contributed by atoms with van der Waals surface area (Å²) < 4.78 is 3.04. The molecule has 0 radical (unpaired) electrons. The van der Waals surface area contributed by atoms with Gasteiger partial charge in [-0.05, 0) is 18.2 Å². The summed E-state index contributed by atoms with van der Waals surface area (Å²) in [5, 5.41) is 7.93. The zero-order valence-corrected chi connectivity index (χ0v) is 10.9. The van der Waals surface area contributed by atoms with Crippen LogP contribution in [0.5, 0.6) is 0 Å². The first-order valence-electron chi connectivity index (χ1n) is 5.56. The van der Waals surface area contributed by atoms with Gasteiger partial charge in [-0.15, -0.1) is 0 Å². The molecule has 0 bridgehead atoms. The molecular weight excluding hydrogens is 280 g/mol. The van der Waals surface area contributed by atoms with Gasteiger partial charge in [0.15, 0.2) is 0 Å². The molecule has 0 fully saturated rings. The molecule has 0 saturated heterocycles. The third-order valence-electron chi connectivity index (χ3n) is 3.01. The van der Waals surface area contributed by atoms with E-state index in [2.05, 4.69) is 38.5 Å². The maximum absolute atomic E-state index is 5.73. The molecule has 17 heavy (non-hydrogen) atoms. The van der Waals surface area contributed by atoms with Gasteiger partial charge in [-0.1, -0.05) is 22.0 Å². The van der Waals surface area contributed by atoms with Gasteiger partial charge < -0.3 is 11.1 Å². The summed E-state index contributed by atoms with van der Waals surface area (Å²) in [7, 11) is 0. The minimum absolute atomic E-state index is 0.491. The van der Waals surface area contributed by atoms with E-state index in [1.807, 2.05) is 16.8 Å². The van der Waals surface area contributed by atoms with E-state index in [1.54, 1.807) is 0 Å². The molecule has 88 valence electrons. The zero-order valence-electron chi connectivity index (χ0n) is 9.28. The lowest BCUT2D eigenvalue weighted by molar-refractivity contribution is 0.697. The molecule has 0 spiro atoms. The number of halogens is 1. The maximum atomic E-state index is 5.73. The van der Waals surface area contributed by atoms with Gasteiger partial charge in [0.05, 0.1) is 17.1 Å². The molecule has 3 N–H and O–H groups in total. The van der Waals surface area contributed by atoms with Crippen molar-refractivity contribution in [1.82, 2.24) is 15.1 Å². The molecule has 0 unspecified atom stereocenters. The number of fused-ring (bicyclic) bond motifs is 1. The minimum Gasteiger partial charge on any atom is -0.325 e. The predicted octanol–water partition coefficient (Wildman–Crippen LogP) is 1.70. The van der Waals surface area contributed by atoms with Gasteiger partial charge in [0.1, 0.15) is 0 Å². The Balaban J connectivity index is 2.15. The Labute approximate surface area is 108 Å². The lowest BCUT2D eigenvalue weighted by Crippen LogP contribution is -2.10. The standard InChI is InChI=1S/C12H13BrN4/c13-8-2-1-3-9(4-8)17-12-7-15-6-10(12)11(5-14)16-17/h1-4,15H,5-7,14H2. The molecule has 1 aliphatic heterocycles. The molecular formula is C12H13BrN4. The van der Waals surface area contributed by atoms with Gasteiger partial charge in [0, 0.05) is 29.7 Å². The minimum atomic E-state index is 0.491. The molecule has 1 aromatic carbocycles. The van der Waals surface area contributed by atoms with Crippen molar-refractivity contribution in [3.63, 3.8) is 0 Å². The van der Waals surface area contributed by atoms with Crippen LogP contribution in [0.4, 0.5) is 0 Å². The Morgan fingerprint density at radius 3 is 3.06 bits per heavy atom. The monoisotopic (exact) mass is 292 g/mol. The highest BCUT2D eigenvalue weighted by molar-refractivity contribution is 9.10. The SMILES string of the molecule is NCc1nn(-c2cccc(Br)c2)c2c1CNC2. The van der Waals surface area contributed by atoms with Crippen LogP contribution in [0.1, 0.15) is 17.0 Å². The van der Waals surface area contributed by atoms with E-state index >= 15 is 0 Å². The van der Waals surface area contributed by atoms with Crippen molar-refractivity contribution in [3.05, 3.63) is 45.7 Å². The fraction of sp³-hybridized carbons (Fsp3) is 0.250. The molecule has 0 saturated carbocycles. The summed E-state index contributed by atoms with van der Waals surface area (Å²) in [6.07, 6.45) is 0. The summed E-state index contributed by atoms with van der Waals surface area (Å²) in [5.74, 6) is 0. The van der Waals surface area contributed by atoms with Crippen molar-refractivity contribution in [2.24, 2.45) is 5.73 Å². The van der Waals surface area contributed by atoms with E-state index in [-0.39, 0.29) is 0 Å². The number of aromatic nitrogens is 2. The Bertz CT molecular complexity index is 562. The number of hydrogen-bond donors (Lipinski definition) is 2. The van der Waals surface area contributed by atoms with Crippen LogP contribution in [-0.4, -0.2) is 9.78 Å². The van der Waals surface area contributed by atoms with Gasteiger partial charge in [-0.3, -0.25) is 0 Å². The van der Waals surface area contributed by atoms with Gasteiger partial charge in [-0.25, -0.2) is 4.68 Å². The molecule has 1 aromatic heterocycles. The van der Waals surface area contributed by atoms with E-state index < -0.39 is 0 Å². The summed E-state index contributed by atoms with van der Waals surface area (Å²) >= 11 is 3.48. The third kappa shape index (κ3) is 1.80. The Hall–Kier alpha value is -1.17. The van der Waals surface area contributed by atoms with Gasteiger partial charge >= 0.3 is 0 Å². The van der Waals surface area contributed by atoms with E-state index in [9.17, 15) is 0 Å². The first-order valence-corrected chi connectivity index (χ1v) is 6.35. The van der Waals surface area contributed by atoms with Crippen molar-refractivity contribution in [3.8, 4) is 5.69 Å². The second-order valence-corrected chi connectivity index (χ2v) is 4.99. The molecule has 1 aliphatic rings. The van der Waals surface area contributed by atoms with Crippen LogP contribution < -0.4 is 11.1 Å². The lowest BCUT2D eigenvalue weighted by Gasteiger charge is -2.05. The fourth-order valence-electron chi connectivity index (χ4n) is 2.21. The van der Waals surface area contributed by atoms with E-state index in [0.717, 1.165) is 28.9 Å². The number of benzene rings is 1. The van der Waals surface area contributed by atoms with Crippen LogP contribution in [0.15, 0.2) is 28.7 Å². The molecule has 0 amide bonds. The molecule has 0 aliphatic carbocycles. The second-order valence-electron chi connectivity index (χ2n) is 4.07. The molecule has 2 aromatic rings. The van der Waals surface area contributed by atoms with Crippen LogP contribution in [0.25, 0.3) is 5.69 Å². The van der Waals surface area contributed by atoms with Crippen LogP contribution in [-0.2, 0) is 19.6 Å². The second kappa shape index (κ2) is 4.25.